The highest BCUT2D eigenvalue weighted by Crippen LogP contribution is 2.30. The lowest BCUT2D eigenvalue weighted by Crippen LogP contribution is -2.34. The van der Waals surface area contributed by atoms with Crippen LogP contribution < -0.4 is 9.47 Å². The number of hydrogen-bond donors (Lipinski definition) is 0. The van der Waals surface area contributed by atoms with Crippen LogP contribution >= 0.6 is 0 Å². The SMILES string of the molecule is c1ccc(Oc2cccc(OCCCN3CCCC[C@@H]3c3cccnc3)c2)cc1. The summed E-state index contributed by atoms with van der Waals surface area (Å²) in [5.41, 5.74) is 1.33. The molecule has 1 saturated heterocycles. The first kappa shape index (κ1) is 19.5. The van der Waals surface area contributed by atoms with Gasteiger partial charge in [0.1, 0.15) is 17.2 Å². The predicted molar refractivity (Wildman–Crippen MR) is 115 cm³/mol. The van der Waals surface area contributed by atoms with Gasteiger partial charge in [0.05, 0.1) is 6.61 Å². The average molecular weight is 389 g/mol. The molecular weight excluding hydrogens is 360 g/mol. The Bertz CT molecular complexity index is 870. The number of likely N-dealkylation sites (tertiary alicyclic amines) is 1. The summed E-state index contributed by atoms with van der Waals surface area (Å²) >= 11 is 0. The third-order valence-corrected chi connectivity index (χ3v) is 5.33. The van der Waals surface area contributed by atoms with Gasteiger partial charge >= 0.3 is 0 Å². The maximum atomic E-state index is 6.00. The highest BCUT2D eigenvalue weighted by Gasteiger charge is 2.23. The molecule has 4 rings (SSSR count). The minimum atomic E-state index is 0.486. The molecule has 4 nitrogen and oxygen atoms in total. The van der Waals surface area contributed by atoms with Crippen LogP contribution in [0.2, 0.25) is 0 Å². The van der Waals surface area contributed by atoms with E-state index < -0.39 is 0 Å². The maximum absolute atomic E-state index is 6.00. The van der Waals surface area contributed by atoms with Gasteiger partial charge in [0.2, 0.25) is 0 Å². The number of rotatable bonds is 8. The largest absolute Gasteiger partial charge is 0.493 e. The molecule has 0 bridgehead atoms. The number of hydrogen-bond acceptors (Lipinski definition) is 4. The Morgan fingerprint density at radius 2 is 1.76 bits per heavy atom. The van der Waals surface area contributed by atoms with Crippen molar-refractivity contribution < 1.29 is 9.47 Å². The molecule has 0 radical (unpaired) electrons. The monoisotopic (exact) mass is 388 g/mol. The lowest BCUT2D eigenvalue weighted by atomic mass is 9.96. The van der Waals surface area contributed by atoms with E-state index >= 15 is 0 Å². The van der Waals surface area contributed by atoms with Crippen LogP contribution in [0, 0.1) is 0 Å². The summed E-state index contributed by atoms with van der Waals surface area (Å²) in [6.45, 7) is 2.89. The van der Waals surface area contributed by atoms with Crippen molar-refractivity contribution in [1.82, 2.24) is 9.88 Å². The van der Waals surface area contributed by atoms with E-state index in [4.69, 9.17) is 9.47 Å². The van der Waals surface area contributed by atoms with Gasteiger partial charge in [-0.3, -0.25) is 9.88 Å². The van der Waals surface area contributed by atoms with Crippen LogP contribution in [0.1, 0.15) is 37.3 Å². The molecule has 2 heterocycles. The normalized spacial score (nSPS) is 17.0. The van der Waals surface area contributed by atoms with E-state index in [1.54, 1.807) is 0 Å². The van der Waals surface area contributed by atoms with Crippen LogP contribution in [0.15, 0.2) is 79.1 Å². The molecule has 1 aromatic heterocycles. The van der Waals surface area contributed by atoms with Gasteiger partial charge in [-0.2, -0.15) is 0 Å². The van der Waals surface area contributed by atoms with Crippen LogP contribution in [0.25, 0.3) is 0 Å². The number of para-hydroxylation sites is 1. The van der Waals surface area contributed by atoms with Crippen molar-refractivity contribution in [1.29, 1.82) is 0 Å². The van der Waals surface area contributed by atoms with Gasteiger partial charge in [-0.05, 0) is 61.7 Å². The van der Waals surface area contributed by atoms with Crippen molar-refractivity contribution in [3.8, 4) is 17.2 Å². The van der Waals surface area contributed by atoms with E-state index in [1.807, 2.05) is 73.1 Å². The number of ether oxygens (including phenoxy) is 2. The third kappa shape index (κ3) is 5.58. The van der Waals surface area contributed by atoms with Crippen molar-refractivity contribution in [2.24, 2.45) is 0 Å². The zero-order valence-corrected chi connectivity index (χ0v) is 16.7. The summed E-state index contributed by atoms with van der Waals surface area (Å²) in [4.78, 5) is 6.89. The number of benzene rings is 2. The second-order valence-corrected chi connectivity index (χ2v) is 7.43. The molecule has 2 aromatic carbocycles. The molecule has 0 unspecified atom stereocenters. The lowest BCUT2D eigenvalue weighted by molar-refractivity contribution is 0.137. The fourth-order valence-electron chi connectivity index (χ4n) is 3.92. The van der Waals surface area contributed by atoms with Crippen LogP contribution in [-0.4, -0.2) is 29.6 Å². The molecular formula is C25H28N2O2. The summed E-state index contributed by atoms with van der Waals surface area (Å²) in [5.74, 6) is 2.47. The van der Waals surface area contributed by atoms with Crippen LogP contribution in [0.5, 0.6) is 17.2 Å². The molecule has 0 saturated carbocycles. The fraction of sp³-hybridized carbons (Fsp3) is 0.320. The van der Waals surface area contributed by atoms with Crippen LogP contribution in [-0.2, 0) is 0 Å². The lowest BCUT2D eigenvalue weighted by Gasteiger charge is -2.35. The summed E-state index contributed by atoms with van der Waals surface area (Å²) in [6, 6.07) is 22.4. The van der Waals surface area contributed by atoms with Crippen molar-refractivity contribution in [2.45, 2.75) is 31.7 Å². The molecule has 0 amide bonds. The van der Waals surface area contributed by atoms with E-state index in [2.05, 4.69) is 16.0 Å². The zero-order valence-electron chi connectivity index (χ0n) is 16.7. The van der Waals surface area contributed by atoms with Gasteiger partial charge in [-0.1, -0.05) is 36.8 Å². The van der Waals surface area contributed by atoms with E-state index in [1.165, 1.54) is 24.8 Å². The summed E-state index contributed by atoms with van der Waals surface area (Å²) in [6.07, 6.45) is 8.64. The van der Waals surface area contributed by atoms with Crippen molar-refractivity contribution in [2.75, 3.05) is 19.7 Å². The molecule has 0 spiro atoms. The number of aromatic nitrogens is 1. The van der Waals surface area contributed by atoms with Crippen molar-refractivity contribution in [3.63, 3.8) is 0 Å². The topological polar surface area (TPSA) is 34.6 Å². The van der Waals surface area contributed by atoms with Gasteiger partial charge < -0.3 is 9.47 Å². The molecule has 1 fully saturated rings. The first-order valence-electron chi connectivity index (χ1n) is 10.5. The average Bonchev–Trinajstić information content (AvgIpc) is 2.79. The standard InChI is InChI=1S/C25H28N2O2/c1-2-10-22(11-3-1)29-24-13-6-12-23(19-24)28-18-8-17-27-16-5-4-14-25(27)21-9-7-15-26-20-21/h1-3,6-7,9-13,15,19-20,25H,4-5,8,14,16-18H2/t25-/m1/s1. The minimum absolute atomic E-state index is 0.486. The summed E-state index contributed by atoms with van der Waals surface area (Å²) < 4.78 is 11.9. The van der Waals surface area contributed by atoms with E-state index in [9.17, 15) is 0 Å². The molecule has 0 aliphatic carbocycles. The van der Waals surface area contributed by atoms with Gasteiger partial charge in [-0.25, -0.2) is 0 Å². The quantitative estimate of drug-likeness (QED) is 0.452. The van der Waals surface area contributed by atoms with E-state index in [0.717, 1.165) is 36.8 Å². The number of piperidine rings is 1. The molecule has 29 heavy (non-hydrogen) atoms. The van der Waals surface area contributed by atoms with Crippen LogP contribution in [0.3, 0.4) is 0 Å². The molecule has 1 aliphatic rings. The number of nitrogens with zero attached hydrogens (tertiary/aromatic N) is 2. The van der Waals surface area contributed by atoms with Crippen molar-refractivity contribution in [3.05, 3.63) is 84.7 Å². The van der Waals surface area contributed by atoms with Crippen LogP contribution in [0.4, 0.5) is 0 Å². The second kappa shape index (κ2) is 10.1. The Kier molecular flexibility index (Phi) is 6.76. The Morgan fingerprint density at radius 1 is 0.897 bits per heavy atom. The Hall–Kier alpha value is -2.85. The zero-order chi connectivity index (χ0) is 19.7. The third-order valence-electron chi connectivity index (χ3n) is 5.33. The molecule has 0 N–H and O–H groups in total. The molecule has 3 aromatic rings. The molecule has 4 heteroatoms. The maximum Gasteiger partial charge on any atom is 0.131 e. The Labute approximate surface area is 173 Å². The first-order chi connectivity index (χ1) is 14.4. The summed E-state index contributed by atoms with van der Waals surface area (Å²) in [7, 11) is 0. The van der Waals surface area contributed by atoms with Gasteiger partial charge in [0, 0.05) is 31.0 Å². The summed E-state index contributed by atoms with van der Waals surface area (Å²) in [5, 5.41) is 0. The Balaban J connectivity index is 1.27. The minimum Gasteiger partial charge on any atom is -0.493 e. The van der Waals surface area contributed by atoms with Gasteiger partial charge in [0.25, 0.3) is 0 Å². The smallest absolute Gasteiger partial charge is 0.131 e. The van der Waals surface area contributed by atoms with E-state index in [-0.39, 0.29) is 0 Å². The fourth-order valence-corrected chi connectivity index (χ4v) is 3.92. The Morgan fingerprint density at radius 3 is 2.62 bits per heavy atom. The second-order valence-electron chi connectivity index (χ2n) is 7.43. The molecule has 1 aliphatic heterocycles. The highest BCUT2D eigenvalue weighted by atomic mass is 16.5. The van der Waals surface area contributed by atoms with E-state index in [0.29, 0.717) is 12.6 Å². The molecule has 1 atom stereocenters. The predicted octanol–water partition coefficient (Wildman–Crippen LogP) is 5.87. The number of pyridine rings is 1. The van der Waals surface area contributed by atoms with Gasteiger partial charge in [0.15, 0.2) is 0 Å². The molecule has 150 valence electrons. The first-order valence-corrected chi connectivity index (χ1v) is 10.5. The highest BCUT2D eigenvalue weighted by molar-refractivity contribution is 5.36. The van der Waals surface area contributed by atoms with Gasteiger partial charge in [-0.15, -0.1) is 0 Å². The van der Waals surface area contributed by atoms with Crippen molar-refractivity contribution >= 4 is 0 Å².